The molecule has 1 saturated heterocycles. The van der Waals surface area contributed by atoms with Crippen LogP contribution in [0.2, 0.25) is 0 Å². The van der Waals surface area contributed by atoms with Crippen molar-refractivity contribution < 1.29 is 17.9 Å². The number of ether oxygens (including phenoxy) is 1. The van der Waals surface area contributed by atoms with E-state index in [1.165, 1.54) is 0 Å². The number of nitrogens with zero attached hydrogens (tertiary/aromatic N) is 2. The lowest BCUT2D eigenvalue weighted by Crippen LogP contribution is -2.37. The molecule has 0 atom stereocenters. The Balaban J connectivity index is 1.52. The van der Waals surface area contributed by atoms with Crippen molar-refractivity contribution >= 4 is 32.5 Å². The number of carbonyl (C=O) groups excluding carboxylic acids is 1. The second-order valence-corrected chi connectivity index (χ2v) is 10.2. The third kappa shape index (κ3) is 4.47. The lowest BCUT2D eigenvalue weighted by atomic mass is 10.0. The minimum Gasteiger partial charge on any atom is -0.497 e. The van der Waals surface area contributed by atoms with E-state index in [1.807, 2.05) is 18.2 Å². The van der Waals surface area contributed by atoms with E-state index < -0.39 is 10.0 Å². The Hall–Kier alpha value is -2.97. The molecule has 1 fully saturated rings. The van der Waals surface area contributed by atoms with Crippen molar-refractivity contribution in [3.63, 3.8) is 0 Å². The van der Waals surface area contributed by atoms with Gasteiger partial charge in [0.2, 0.25) is 10.0 Å². The molecular formula is C24H27N3O4S. The molecular weight excluding hydrogens is 426 g/mol. The predicted molar refractivity (Wildman–Crippen MR) is 125 cm³/mol. The standard InChI is InChI=1S/C24H27N3O4S/c1-16-10-12-27(13-11-16)32(29,30)21-7-4-19(5-8-21)26-24(28)22-15-18-14-20(31-3)6-9-23(18)25-17(22)2/h4-9,14-16H,10-13H2,1-3H3,(H,26,28). The average Bonchev–Trinajstić information content (AvgIpc) is 2.79. The van der Waals surface area contributed by atoms with Crippen LogP contribution in [0.3, 0.4) is 0 Å². The molecule has 1 N–H and O–H groups in total. The van der Waals surface area contributed by atoms with E-state index in [0.29, 0.717) is 41.7 Å². The lowest BCUT2D eigenvalue weighted by molar-refractivity contribution is 0.102. The van der Waals surface area contributed by atoms with Gasteiger partial charge in [0.25, 0.3) is 5.91 Å². The van der Waals surface area contributed by atoms with Crippen molar-refractivity contribution in [2.45, 2.75) is 31.6 Å². The van der Waals surface area contributed by atoms with E-state index in [-0.39, 0.29) is 10.8 Å². The molecule has 7 nitrogen and oxygen atoms in total. The molecule has 2 heterocycles. The van der Waals surface area contributed by atoms with Crippen LogP contribution in [0.25, 0.3) is 10.9 Å². The molecule has 1 aromatic heterocycles. The maximum absolute atomic E-state index is 12.9. The highest BCUT2D eigenvalue weighted by Crippen LogP contribution is 2.25. The SMILES string of the molecule is COc1ccc2nc(C)c(C(=O)Nc3ccc(S(=O)(=O)N4CCC(C)CC4)cc3)cc2c1. The summed E-state index contributed by atoms with van der Waals surface area (Å²) in [5, 5.41) is 3.64. The van der Waals surface area contributed by atoms with Gasteiger partial charge in [-0.2, -0.15) is 4.31 Å². The molecule has 2 aromatic carbocycles. The highest BCUT2D eigenvalue weighted by molar-refractivity contribution is 7.89. The van der Waals surface area contributed by atoms with E-state index in [2.05, 4.69) is 17.2 Å². The van der Waals surface area contributed by atoms with Crippen LogP contribution in [-0.2, 0) is 10.0 Å². The Morgan fingerprint density at radius 1 is 1.09 bits per heavy atom. The van der Waals surface area contributed by atoms with E-state index >= 15 is 0 Å². The average molecular weight is 454 g/mol. The van der Waals surface area contributed by atoms with Crippen LogP contribution in [0.4, 0.5) is 5.69 Å². The summed E-state index contributed by atoms with van der Waals surface area (Å²) < 4.78 is 32.6. The maximum atomic E-state index is 12.9. The van der Waals surface area contributed by atoms with Crippen LogP contribution in [-0.4, -0.2) is 43.8 Å². The van der Waals surface area contributed by atoms with Gasteiger partial charge in [-0.15, -0.1) is 0 Å². The van der Waals surface area contributed by atoms with Gasteiger partial charge in [0.1, 0.15) is 5.75 Å². The second-order valence-electron chi connectivity index (χ2n) is 8.25. The number of methoxy groups -OCH3 is 1. The van der Waals surface area contributed by atoms with Crippen molar-refractivity contribution in [3.05, 3.63) is 59.8 Å². The fraction of sp³-hybridized carbons (Fsp3) is 0.333. The van der Waals surface area contributed by atoms with Gasteiger partial charge in [-0.1, -0.05) is 6.92 Å². The molecule has 8 heteroatoms. The number of hydrogen-bond acceptors (Lipinski definition) is 5. The first kappa shape index (κ1) is 22.2. The lowest BCUT2D eigenvalue weighted by Gasteiger charge is -2.29. The summed E-state index contributed by atoms with van der Waals surface area (Å²) in [5.41, 5.74) is 2.36. The van der Waals surface area contributed by atoms with Crippen LogP contribution in [0, 0.1) is 12.8 Å². The van der Waals surface area contributed by atoms with Crippen LogP contribution in [0.15, 0.2) is 53.4 Å². The van der Waals surface area contributed by atoms with E-state index in [9.17, 15) is 13.2 Å². The van der Waals surface area contributed by atoms with Crippen LogP contribution >= 0.6 is 0 Å². The van der Waals surface area contributed by atoms with Crippen molar-refractivity contribution in [3.8, 4) is 5.75 Å². The minimum absolute atomic E-state index is 0.237. The first-order chi connectivity index (χ1) is 15.3. The number of aryl methyl sites for hydroxylation is 1. The Kier molecular flexibility index (Phi) is 6.17. The Morgan fingerprint density at radius 2 is 1.78 bits per heavy atom. The van der Waals surface area contributed by atoms with Crippen molar-refractivity contribution in [1.82, 2.24) is 9.29 Å². The Morgan fingerprint density at radius 3 is 2.44 bits per heavy atom. The fourth-order valence-corrected chi connectivity index (χ4v) is 5.36. The largest absolute Gasteiger partial charge is 0.497 e. The third-order valence-electron chi connectivity index (χ3n) is 5.95. The van der Waals surface area contributed by atoms with E-state index in [4.69, 9.17) is 4.74 Å². The number of hydrogen-bond donors (Lipinski definition) is 1. The highest BCUT2D eigenvalue weighted by atomic mass is 32.2. The number of benzene rings is 2. The summed E-state index contributed by atoms with van der Waals surface area (Å²) in [7, 11) is -1.93. The van der Waals surface area contributed by atoms with E-state index in [1.54, 1.807) is 48.7 Å². The number of rotatable bonds is 5. The first-order valence-corrected chi connectivity index (χ1v) is 12.1. The van der Waals surface area contributed by atoms with Crippen molar-refractivity contribution in [2.24, 2.45) is 5.92 Å². The molecule has 0 saturated carbocycles. The molecule has 0 unspecified atom stereocenters. The summed E-state index contributed by atoms with van der Waals surface area (Å²) in [6, 6.07) is 13.6. The number of aromatic nitrogens is 1. The summed E-state index contributed by atoms with van der Waals surface area (Å²) in [4.78, 5) is 17.6. The molecule has 168 valence electrons. The van der Waals surface area contributed by atoms with Gasteiger partial charge in [-0.25, -0.2) is 8.42 Å². The zero-order valence-corrected chi connectivity index (χ0v) is 19.3. The molecule has 4 rings (SSSR count). The quantitative estimate of drug-likeness (QED) is 0.625. The van der Waals surface area contributed by atoms with Gasteiger partial charge in [0.05, 0.1) is 28.8 Å². The number of nitrogens with one attached hydrogen (secondary N) is 1. The molecule has 0 bridgehead atoms. The number of fused-ring (bicyclic) bond motifs is 1. The summed E-state index contributed by atoms with van der Waals surface area (Å²) in [6.45, 7) is 5.01. The van der Waals surface area contributed by atoms with E-state index in [0.717, 1.165) is 23.7 Å². The number of sulfonamides is 1. The Bertz CT molecular complexity index is 1250. The van der Waals surface area contributed by atoms with Crippen LogP contribution in [0.5, 0.6) is 5.75 Å². The van der Waals surface area contributed by atoms with Gasteiger partial charge in [0, 0.05) is 24.2 Å². The van der Waals surface area contributed by atoms with Gasteiger partial charge in [-0.05, 0) is 74.2 Å². The van der Waals surface area contributed by atoms with Gasteiger partial charge < -0.3 is 10.1 Å². The van der Waals surface area contributed by atoms with Crippen LogP contribution < -0.4 is 10.1 Å². The van der Waals surface area contributed by atoms with Crippen LogP contribution in [0.1, 0.15) is 35.8 Å². The molecule has 0 aliphatic carbocycles. The highest BCUT2D eigenvalue weighted by Gasteiger charge is 2.28. The second kappa shape index (κ2) is 8.88. The Labute approximate surface area is 188 Å². The molecule has 1 aliphatic heterocycles. The number of pyridine rings is 1. The third-order valence-corrected chi connectivity index (χ3v) is 7.86. The first-order valence-electron chi connectivity index (χ1n) is 10.6. The molecule has 1 amide bonds. The molecule has 3 aromatic rings. The zero-order chi connectivity index (χ0) is 22.9. The van der Waals surface area contributed by atoms with Crippen molar-refractivity contribution in [2.75, 3.05) is 25.5 Å². The molecule has 32 heavy (non-hydrogen) atoms. The zero-order valence-electron chi connectivity index (χ0n) is 18.5. The summed E-state index contributed by atoms with van der Waals surface area (Å²) >= 11 is 0. The van der Waals surface area contributed by atoms with Gasteiger partial charge in [0.15, 0.2) is 0 Å². The summed E-state index contributed by atoms with van der Waals surface area (Å²) in [6.07, 6.45) is 1.75. The molecule has 1 aliphatic rings. The predicted octanol–water partition coefficient (Wildman–Crippen LogP) is 4.22. The van der Waals surface area contributed by atoms with Gasteiger partial charge >= 0.3 is 0 Å². The number of anilines is 1. The van der Waals surface area contributed by atoms with Crippen molar-refractivity contribution in [1.29, 1.82) is 0 Å². The molecule has 0 spiro atoms. The normalized spacial score (nSPS) is 15.6. The van der Waals surface area contributed by atoms with Gasteiger partial charge in [-0.3, -0.25) is 9.78 Å². The summed E-state index contributed by atoms with van der Waals surface area (Å²) in [5.74, 6) is 0.933. The topological polar surface area (TPSA) is 88.6 Å². The smallest absolute Gasteiger partial charge is 0.257 e. The number of piperidine rings is 1. The molecule has 0 radical (unpaired) electrons. The number of carbonyl (C=O) groups is 1. The monoisotopic (exact) mass is 453 g/mol. The fourth-order valence-electron chi connectivity index (χ4n) is 3.89. The maximum Gasteiger partial charge on any atom is 0.257 e. The minimum atomic E-state index is -3.52. The number of amides is 1.